The van der Waals surface area contributed by atoms with Crippen LogP contribution in [-0.4, -0.2) is 30.6 Å². The molecule has 10 heteroatoms. The number of hydrogen-bond acceptors (Lipinski definition) is 6. The number of halogens is 1. The predicted octanol–water partition coefficient (Wildman–Crippen LogP) is 0.983. The van der Waals surface area contributed by atoms with Crippen LogP contribution < -0.4 is 10.0 Å². The molecule has 7 nitrogen and oxygen atoms in total. The Labute approximate surface area is 124 Å². The number of nitrogens with one attached hydrogen (secondary N) is 2. The second-order valence-electron chi connectivity index (χ2n) is 4.03. The molecule has 0 saturated carbocycles. The maximum absolute atomic E-state index is 12.8. The minimum atomic E-state index is -3.91. The van der Waals surface area contributed by atoms with Crippen LogP contribution in [0.2, 0.25) is 0 Å². The van der Waals surface area contributed by atoms with Crippen molar-refractivity contribution in [3.05, 3.63) is 35.6 Å². The first-order valence-corrected chi connectivity index (χ1v) is 8.10. The molecule has 0 aliphatic carbocycles. The first kappa shape index (κ1) is 15.5. The van der Waals surface area contributed by atoms with Gasteiger partial charge in [0, 0.05) is 0 Å². The Morgan fingerprint density at radius 2 is 2.00 bits per heavy atom. The molecular formula is C11H11FN4O3S2. The molecule has 1 aromatic carbocycles. The maximum atomic E-state index is 12.8. The van der Waals surface area contributed by atoms with E-state index in [0.717, 1.165) is 35.6 Å². The minimum absolute atomic E-state index is 0.125. The summed E-state index contributed by atoms with van der Waals surface area (Å²) in [5, 5.41) is 9.86. The molecule has 1 heterocycles. The van der Waals surface area contributed by atoms with E-state index in [1.807, 2.05) is 0 Å². The molecule has 2 aromatic rings. The molecule has 0 saturated heterocycles. The quantitative estimate of drug-likeness (QED) is 0.851. The van der Waals surface area contributed by atoms with Crippen LogP contribution in [0, 0.1) is 5.82 Å². The SMILES string of the molecule is C[C@H](NS(=O)(=O)c1ccc(F)cc1)C(=O)Nc1nncs1. The van der Waals surface area contributed by atoms with Gasteiger partial charge in [0.2, 0.25) is 21.1 Å². The lowest BCUT2D eigenvalue weighted by atomic mass is 10.3. The third-order valence-corrected chi connectivity index (χ3v) is 4.60. The van der Waals surface area contributed by atoms with Crippen LogP contribution in [0.5, 0.6) is 0 Å². The molecule has 21 heavy (non-hydrogen) atoms. The van der Waals surface area contributed by atoms with Crippen LogP contribution in [0.1, 0.15) is 6.92 Å². The van der Waals surface area contributed by atoms with Gasteiger partial charge in [-0.05, 0) is 31.2 Å². The average molecular weight is 330 g/mol. The standard InChI is InChI=1S/C11H11FN4O3S2/c1-7(10(17)14-11-15-13-6-20-11)16-21(18,19)9-4-2-8(12)3-5-9/h2-7,16H,1H3,(H,14,15,17)/t7-/m0/s1. The van der Waals surface area contributed by atoms with Gasteiger partial charge >= 0.3 is 0 Å². The van der Waals surface area contributed by atoms with Gasteiger partial charge in [0.1, 0.15) is 11.3 Å². The van der Waals surface area contributed by atoms with E-state index in [1.165, 1.54) is 12.4 Å². The zero-order chi connectivity index (χ0) is 15.5. The Morgan fingerprint density at radius 3 is 2.57 bits per heavy atom. The Balaban J connectivity index is 2.05. The summed E-state index contributed by atoms with van der Waals surface area (Å²) in [6.45, 7) is 1.39. The van der Waals surface area contributed by atoms with E-state index in [4.69, 9.17) is 0 Å². The van der Waals surface area contributed by atoms with Gasteiger partial charge in [-0.3, -0.25) is 10.1 Å². The van der Waals surface area contributed by atoms with Crippen molar-refractivity contribution in [3.8, 4) is 0 Å². The maximum Gasteiger partial charge on any atom is 0.244 e. The third kappa shape index (κ3) is 4.03. The lowest BCUT2D eigenvalue weighted by Crippen LogP contribution is -2.41. The van der Waals surface area contributed by atoms with Crippen LogP contribution in [0.15, 0.2) is 34.7 Å². The fourth-order valence-corrected chi connectivity index (χ4v) is 3.06. The van der Waals surface area contributed by atoms with Gasteiger partial charge in [0.15, 0.2) is 0 Å². The lowest BCUT2D eigenvalue weighted by Gasteiger charge is -2.13. The molecule has 0 radical (unpaired) electrons. The van der Waals surface area contributed by atoms with E-state index in [-0.39, 0.29) is 10.0 Å². The third-order valence-electron chi connectivity index (χ3n) is 2.44. The minimum Gasteiger partial charge on any atom is -0.299 e. The van der Waals surface area contributed by atoms with Crippen molar-refractivity contribution in [2.24, 2.45) is 0 Å². The number of amides is 1. The number of rotatable bonds is 5. The Kier molecular flexibility index (Phi) is 4.60. The molecule has 0 unspecified atom stereocenters. The van der Waals surface area contributed by atoms with Gasteiger partial charge in [-0.15, -0.1) is 10.2 Å². The molecule has 2 N–H and O–H groups in total. The summed E-state index contributed by atoms with van der Waals surface area (Å²) in [6, 6.07) is 3.27. The first-order valence-electron chi connectivity index (χ1n) is 5.73. The zero-order valence-electron chi connectivity index (χ0n) is 10.8. The summed E-state index contributed by atoms with van der Waals surface area (Å²) in [4.78, 5) is 11.7. The van der Waals surface area contributed by atoms with Crippen molar-refractivity contribution in [2.45, 2.75) is 17.9 Å². The Bertz CT molecular complexity index is 716. The second kappa shape index (κ2) is 6.24. The van der Waals surface area contributed by atoms with Crippen molar-refractivity contribution < 1.29 is 17.6 Å². The molecule has 1 aromatic heterocycles. The van der Waals surface area contributed by atoms with Crippen LogP contribution in [-0.2, 0) is 14.8 Å². The van der Waals surface area contributed by atoms with E-state index in [9.17, 15) is 17.6 Å². The molecule has 1 atom stereocenters. The van der Waals surface area contributed by atoms with E-state index < -0.39 is 27.8 Å². The normalized spacial score (nSPS) is 12.9. The van der Waals surface area contributed by atoms with Crippen molar-refractivity contribution in [1.82, 2.24) is 14.9 Å². The molecule has 0 aliphatic rings. The molecule has 1 amide bonds. The molecule has 0 fully saturated rings. The summed E-state index contributed by atoms with van der Waals surface area (Å²) in [7, 11) is -3.91. The van der Waals surface area contributed by atoms with E-state index in [0.29, 0.717) is 0 Å². The van der Waals surface area contributed by atoms with E-state index >= 15 is 0 Å². The topological polar surface area (TPSA) is 101 Å². The van der Waals surface area contributed by atoms with E-state index in [1.54, 1.807) is 0 Å². The van der Waals surface area contributed by atoms with Crippen LogP contribution >= 0.6 is 11.3 Å². The number of benzene rings is 1. The van der Waals surface area contributed by atoms with Gasteiger partial charge in [0.25, 0.3) is 0 Å². The van der Waals surface area contributed by atoms with Crippen molar-refractivity contribution >= 4 is 32.4 Å². The fourth-order valence-electron chi connectivity index (χ4n) is 1.41. The van der Waals surface area contributed by atoms with Gasteiger partial charge in [-0.2, -0.15) is 4.72 Å². The number of aromatic nitrogens is 2. The first-order chi connectivity index (χ1) is 9.88. The number of sulfonamides is 1. The van der Waals surface area contributed by atoms with Crippen LogP contribution in [0.4, 0.5) is 9.52 Å². The smallest absolute Gasteiger partial charge is 0.244 e. The summed E-state index contributed by atoms with van der Waals surface area (Å²) >= 11 is 1.11. The molecular weight excluding hydrogens is 319 g/mol. The monoisotopic (exact) mass is 330 g/mol. The summed E-state index contributed by atoms with van der Waals surface area (Å²) in [5.41, 5.74) is 1.43. The highest BCUT2D eigenvalue weighted by atomic mass is 32.2. The van der Waals surface area contributed by atoms with E-state index in [2.05, 4.69) is 20.2 Å². The fraction of sp³-hybridized carbons (Fsp3) is 0.182. The van der Waals surface area contributed by atoms with Gasteiger partial charge < -0.3 is 0 Å². The van der Waals surface area contributed by atoms with Crippen molar-refractivity contribution in [1.29, 1.82) is 0 Å². The van der Waals surface area contributed by atoms with Gasteiger partial charge in [0.05, 0.1) is 10.9 Å². The largest absolute Gasteiger partial charge is 0.299 e. The molecule has 112 valence electrons. The highest BCUT2D eigenvalue weighted by molar-refractivity contribution is 7.89. The summed E-state index contributed by atoms with van der Waals surface area (Å²) < 4.78 is 39.0. The number of carbonyl (C=O) groups excluding carboxylic acids is 1. The number of anilines is 1. The van der Waals surface area contributed by atoms with Crippen LogP contribution in [0.25, 0.3) is 0 Å². The Hall–Kier alpha value is -1.91. The second-order valence-corrected chi connectivity index (χ2v) is 6.58. The number of hydrogen-bond donors (Lipinski definition) is 2. The van der Waals surface area contributed by atoms with Gasteiger partial charge in [-0.25, -0.2) is 12.8 Å². The number of nitrogens with zero attached hydrogens (tertiary/aromatic N) is 2. The lowest BCUT2D eigenvalue weighted by molar-refractivity contribution is -0.117. The van der Waals surface area contributed by atoms with Crippen molar-refractivity contribution in [2.75, 3.05) is 5.32 Å². The molecule has 0 aliphatic heterocycles. The Morgan fingerprint density at radius 1 is 1.33 bits per heavy atom. The molecule has 0 bridgehead atoms. The highest BCUT2D eigenvalue weighted by Gasteiger charge is 2.22. The summed E-state index contributed by atoms with van der Waals surface area (Å²) in [6.07, 6.45) is 0. The van der Waals surface area contributed by atoms with Gasteiger partial charge in [-0.1, -0.05) is 11.3 Å². The van der Waals surface area contributed by atoms with Crippen molar-refractivity contribution in [3.63, 3.8) is 0 Å². The summed E-state index contributed by atoms with van der Waals surface area (Å²) in [5.74, 6) is -1.12. The van der Waals surface area contributed by atoms with Crippen LogP contribution in [0.3, 0.4) is 0 Å². The average Bonchev–Trinajstić information content (AvgIpc) is 2.91. The molecule has 0 spiro atoms. The number of carbonyl (C=O) groups is 1. The highest BCUT2D eigenvalue weighted by Crippen LogP contribution is 2.12. The zero-order valence-corrected chi connectivity index (χ0v) is 12.4. The molecule has 2 rings (SSSR count). The predicted molar refractivity (Wildman–Crippen MR) is 74.7 cm³/mol.